The minimum absolute atomic E-state index is 0.340. The molecule has 0 unspecified atom stereocenters. The van der Waals surface area contributed by atoms with Gasteiger partial charge in [0.05, 0.1) is 33.1 Å². The lowest BCUT2D eigenvalue weighted by molar-refractivity contribution is -0.0969. The van der Waals surface area contributed by atoms with Crippen LogP contribution in [0.5, 0.6) is 11.5 Å². The van der Waals surface area contributed by atoms with E-state index in [1.165, 1.54) is 0 Å². The predicted molar refractivity (Wildman–Crippen MR) is 114 cm³/mol. The Bertz CT molecular complexity index is 1080. The van der Waals surface area contributed by atoms with E-state index < -0.39 is 6.10 Å². The summed E-state index contributed by atoms with van der Waals surface area (Å²) in [6.45, 7) is 1.16. The molecule has 0 aliphatic carbocycles. The van der Waals surface area contributed by atoms with Crippen molar-refractivity contribution in [1.29, 1.82) is 0 Å². The number of nitrogens with zero attached hydrogens (tertiary/aromatic N) is 2. The monoisotopic (exact) mass is 442 g/mol. The summed E-state index contributed by atoms with van der Waals surface area (Å²) in [5.74, 6) is 2.03. The zero-order valence-electron chi connectivity index (χ0n) is 17.3. The maximum Gasteiger partial charge on any atom is 0.166 e. The summed E-state index contributed by atoms with van der Waals surface area (Å²) in [4.78, 5) is 4.60. The standard InChI is InChI=1S/C23H23ClN2O5/c1-27-18-5-3-4-15(22(18)28-2)21-16-12-14(24)6-7-17(16)26-9-8-25-23(26)19(31-21)13-20-29-10-11-30-20/h3-9,12,19-21H,10-11,13H2,1-2H3/t19-,21-/m0/s1. The second kappa shape index (κ2) is 8.51. The predicted octanol–water partition coefficient (Wildman–Crippen LogP) is 4.47. The SMILES string of the molecule is COc1cccc([C@@H]2O[C@@H](CC3OCCO3)c3nccn3-c3ccc(Cl)cc32)c1OC. The third kappa shape index (κ3) is 3.68. The molecule has 31 heavy (non-hydrogen) atoms. The van der Waals surface area contributed by atoms with Crippen LogP contribution in [0.1, 0.15) is 35.6 Å². The van der Waals surface area contributed by atoms with Crippen LogP contribution in [0.3, 0.4) is 0 Å². The minimum Gasteiger partial charge on any atom is -0.493 e. The molecule has 0 bridgehead atoms. The van der Waals surface area contributed by atoms with Crippen LogP contribution in [-0.2, 0) is 14.2 Å². The van der Waals surface area contributed by atoms with Crippen LogP contribution in [0.2, 0.25) is 5.02 Å². The van der Waals surface area contributed by atoms with Crippen LogP contribution in [-0.4, -0.2) is 43.3 Å². The number of hydrogen-bond donors (Lipinski definition) is 0. The summed E-state index contributed by atoms with van der Waals surface area (Å²) in [6, 6.07) is 11.5. The summed E-state index contributed by atoms with van der Waals surface area (Å²) >= 11 is 6.41. The molecule has 1 saturated heterocycles. The molecule has 162 valence electrons. The van der Waals surface area contributed by atoms with E-state index in [1.807, 2.05) is 47.2 Å². The molecule has 0 amide bonds. The van der Waals surface area contributed by atoms with Crippen molar-refractivity contribution >= 4 is 11.6 Å². The Hall–Kier alpha value is -2.58. The van der Waals surface area contributed by atoms with Gasteiger partial charge in [0.15, 0.2) is 17.8 Å². The first kappa shape index (κ1) is 20.3. The van der Waals surface area contributed by atoms with Gasteiger partial charge in [-0.1, -0.05) is 23.7 Å². The van der Waals surface area contributed by atoms with Crippen molar-refractivity contribution < 1.29 is 23.7 Å². The summed E-state index contributed by atoms with van der Waals surface area (Å²) in [6.07, 6.45) is 3.04. The normalized spacial score (nSPS) is 20.7. The number of benzene rings is 2. The highest BCUT2D eigenvalue weighted by Crippen LogP contribution is 2.46. The van der Waals surface area contributed by atoms with E-state index in [4.69, 9.17) is 35.3 Å². The van der Waals surface area contributed by atoms with Gasteiger partial charge in [-0.05, 0) is 24.3 Å². The van der Waals surface area contributed by atoms with Crippen molar-refractivity contribution in [2.75, 3.05) is 27.4 Å². The summed E-state index contributed by atoms with van der Waals surface area (Å²) < 4.78 is 31.4. The van der Waals surface area contributed by atoms with Gasteiger partial charge in [-0.3, -0.25) is 0 Å². The maximum atomic E-state index is 6.73. The molecule has 2 aliphatic rings. The smallest absolute Gasteiger partial charge is 0.166 e. The van der Waals surface area contributed by atoms with Crippen LogP contribution in [0.4, 0.5) is 0 Å². The van der Waals surface area contributed by atoms with Crippen molar-refractivity contribution in [3.63, 3.8) is 0 Å². The zero-order valence-corrected chi connectivity index (χ0v) is 18.0. The number of hydrogen-bond acceptors (Lipinski definition) is 6. The maximum absolute atomic E-state index is 6.73. The van der Waals surface area contributed by atoms with Gasteiger partial charge >= 0.3 is 0 Å². The fraction of sp³-hybridized carbons (Fsp3) is 0.348. The molecule has 0 spiro atoms. The van der Waals surface area contributed by atoms with E-state index in [9.17, 15) is 0 Å². The molecular weight excluding hydrogens is 420 g/mol. The molecule has 0 N–H and O–H groups in total. The zero-order chi connectivity index (χ0) is 21.4. The molecule has 1 aromatic heterocycles. The topological polar surface area (TPSA) is 64.0 Å². The number of ether oxygens (including phenoxy) is 5. The molecule has 0 radical (unpaired) electrons. The van der Waals surface area contributed by atoms with Gasteiger partial charge in [-0.2, -0.15) is 0 Å². The molecular formula is C23H23ClN2O5. The van der Waals surface area contributed by atoms with Gasteiger partial charge in [0, 0.05) is 35.0 Å². The molecule has 3 aromatic rings. The minimum atomic E-state index is -0.466. The molecule has 5 rings (SSSR count). The fourth-order valence-electron chi connectivity index (χ4n) is 4.25. The largest absolute Gasteiger partial charge is 0.493 e. The van der Waals surface area contributed by atoms with Gasteiger partial charge in [-0.25, -0.2) is 4.98 Å². The van der Waals surface area contributed by atoms with Crippen LogP contribution < -0.4 is 9.47 Å². The Morgan fingerprint density at radius 1 is 1.10 bits per heavy atom. The van der Waals surface area contributed by atoms with Crippen molar-refractivity contribution in [1.82, 2.24) is 9.55 Å². The molecule has 7 nitrogen and oxygen atoms in total. The fourth-order valence-corrected chi connectivity index (χ4v) is 4.43. The summed E-state index contributed by atoms with van der Waals surface area (Å²) in [5, 5.41) is 0.622. The van der Waals surface area contributed by atoms with E-state index in [2.05, 4.69) is 4.98 Å². The number of methoxy groups -OCH3 is 2. The van der Waals surface area contributed by atoms with Crippen LogP contribution in [0, 0.1) is 0 Å². The van der Waals surface area contributed by atoms with Gasteiger partial charge < -0.3 is 28.3 Å². The van der Waals surface area contributed by atoms with E-state index >= 15 is 0 Å². The number of aromatic nitrogens is 2. The van der Waals surface area contributed by atoms with E-state index in [1.54, 1.807) is 20.4 Å². The second-order valence-electron chi connectivity index (χ2n) is 7.35. The first-order chi connectivity index (χ1) is 15.2. The highest BCUT2D eigenvalue weighted by molar-refractivity contribution is 6.30. The van der Waals surface area contributed by atoms with Gasteiger partial charge in [0.2, 0.25) is 0 Å². The lowest BCUT2D eigenvalue weighted by Gasteiger charge is -2.26. The first-order valence-corrected chi connectivity index (χ1v) is 10.5. The third-order valence-corrected chi connectivity index (χ3v) is 5.84. The summed E-state index contributed by atoms with van der Waals surface area (Å²) in [5.41, 5.74) is 2.70. The van der Waals surface area contributed by atoms with Gasteiger partial charge in [0.1, 0.15) is 18.0 Å². The molecule has 1 fully saturated rings. The number of fused-ring (bicyclic) bond motifs is 3. The van der Waals surface area contributed by atoms with Crippen LogP contribution in [0.15, 0.2) is 48.8 Å². The Morgan fingerprint density at radius 3 is 2.71 bits per heavy atom. The average Bonchev–Trinajstić information content (AvgIpc) is 3.46. The second-order valence-corrected chi connectivity index (χ2v) is 7.79. The quantitative estimate of drug-likeness (QED) is 0.581. The van der Waals surface area contributed by atoms with E-state index in [0.717, 1.165) is 22.6 Å². The molecule has 2 aliphatic heterocycles. The van der Waals surface area contributed by atoms with Crippen molar-refractivity contribution in [3.8, 4) is 17.2 Å². The van der Waals surface area contributed by atoms with E-state index in [-0.39, 0.29) is 12.4 Å². The number of rotatable bonds is 5. The first-order valence-electron chi connectivity index (χ1n) is 10.1. The number of halogens is 1. The third-order valence-electron chi connectivity index (χ3n) is 5.60. The van der Waals surface area contributed by atoms with Crippen LogP contribution in [0.25, 0.3) is 5.69 Å². The van der Waals surface area contributed by atoms with E-state index in [0.29, 0.717) is 36.2 Å². The highest BCUT2D eigenvalue weighted by atomic mass is 35.5. The number of imidazole rings is 1. The summed E-state index contributed by atoms with van der Waals surface area (Å²) in [7, 11) is 3.24. The van der Waals surface area contributed by atoms with Gasteiger partial charge in [0.25, 0.3) is 0 Å². The Balaban J connectivity index is 1.67. The molecule has 2 aromatic carbocycles. The average molecular weight is 443 g/mol. The van der Waals surface area contributed by atoms with Gasteiger partial charge in [-0.15, -0.1) is 0 Å². The van der Waals surface area contributed by atoms with Crippen molar-refractivity contribution in [2.45, 2.75) is 24.9 Å². The Morgan fingerprint density at radius 2 is 1.94 bits per heavy atom. The Labute approximate surface area is 185 Å². The highest BCUT2D eigenvalue weighted by Gasteiger charge is 2.35. The lowest BCUT2D eigenvalue weighted by Crippen LogP contribution is -2.19. The van der Waals surface area contributed by atoms with Crippen molar-refractivity contribution in [2.24, 2.45) is 0 Å². The Kier molecular flexibility index (Phi) is 5.58. The molecule has 3 heterocycles. The molecule has 2 atom stereocenters. The number of para-hydroxylation sites is 1. The molecule has 8 heteroatoms. The molecule has 0 saturated carbocycles. The van der Waals surface area contributed by atoms with Crippen molar-refractivity contribution in [3.05, 3.63) is 70.8 Å². The van der Waals surface area contributed by atoms with Crippen LogP contribution >= 0.6 is 11.6 Å². The lowest BCUT2D eigenvalue weighted by atomic mass is 9.98.